The van der Waals surface area contributed by atoms with Gasteiger partial charge in [-0.05, 0) is 97.8 Å². The molecule has 0 aromatic carbocycles. The molecule has 45 heteroatoms. The number of carbonyl (C=O) groups excluding carboxylic acids is 12. The van der Waals surface area contributed by atoms with Crippen molar-refractivity contribution in [3.8, 4) is 0 Å². The van der Waals surface area contributed by atoms with Crippen LogP contribution in [0.15, 0.2) is 0 Å². The van der Waals surface area contributed by atoms with Gasteiger partial charge in [-0.25, -0.2) is 0 Å². The molecule has 5 saturated heterocycles. The normalized spacial score (nSPS) is 27.0. The summed E-state index contributed by atoms with van der Waals surface area (Å²) in [7, 11) is 0. The Morgan fingerprint density at radius 2 is 0.654 bits per heavy atom. The molecule has 0 aromatic heterocycles. The molecule has 0 unspecified atom stereocenters. The molecule has 133 heavy (non-hydrogen) atoms. The SMILES string of the molecule is CC(=O)N[C@@H]1[C@@H](OCCC(=O)NCCCNC(=O)CCCCO[C@@H]2O[C@H](CO)[C@H](O)[C@H](O)[C@H]2NC(C)=O)[C@H](OCCC(=O)NCCCNC(=O)CCCCO[C@@H]2O[C@H](CO)[C@H](O)[C@H](O)[C@H]2NC(C)=O)[C@@H](COCCC(=O)NCCCNC(=O)CCCCO[C@@H]2O[C@H](CO)[C@H](O)[C@H](O)[C@H]2NC(C)=O)O[C@H]1NC(=O)CCCCCCCCCCCCC(=O)N1C[C@H](O)C[C@H]1COC(C)(C)C. The van der Waals surface area contributed by atoms with Crippen molar-refractivity contribution in [3.63, 3.8) is 0 Å². The van der Waals surface area contributed by atoms with Crippen LogP contribution in [0.1, 0.15) is 228 Å². The highest BCUT2D eigenvalue weighted by molar-refractivity contribution is 5.80. The minimum Gasteiger partial charge on any atom is -0.394 e. The van der Waals surface area contributed by atoms with Crippen LogP contribution in [0.25, 0.3) is 0 Å². The number of β-amino-alcohol motifs (C(OH)–C–C–N with tert-alkyl or cyclic N) is 1. The Balaban J connectivity index is 1.18. The highest BCUT2D eigenvalue weighted by Gasteiger charge is 2.51. The van der Waals surface area contributed by atoms with Crippen LogP contribution in [0.2, 0.25) is 0 Å². The van der Waals surface area contributed by atoms with Crippen molar-refractivity contribution in [3.05, 3.63) is 0 Å². The lowest BCUT2D eigenvalue weighted by molar-refractivity contribution is -0.270. The van der Waals surface area contributed by atoms with Crippen molar-refractivity contribution >= 4 is 70.9 Å². The van der Waals surface area contributed by atoms with Crippen molar-refractivity contribution in [1.82, 2.24) is 63.4 Å². The van der Waals surface area contributed by atoms with E-state index in [1.807, 2.05) is 20.8 Å². The topological polar surface area (TPSA) is 644 Å². The first kappa shape index (κ1) is 116. The molecule has 766 valence electrons. The van der Waals surface area contributed by atoms with Crippen LogP contribution < -0.4 is 58.5 Å². The Morgan fingerprint density at radius 1 is 0.331 bits per heavy atom. The van der Waals surface area contributed by atoms with Gasteiger partial charge >= 0.3 is 0 Å². The number of nitrogens with one attached hydrogen (secondary N) is 11. The molecule has 0 bridgehead atoms. The van der Waals surface area contributed by atoms with E-state index in [9.17, 15) is 109 Å². The molecule has 45 nitrogen and oxygen atoms in total. The Morgan fingerprint density at radius 3 is 1.02 bits per heavy atom. The second-order valence-corrected chi connectivity index (χ2v) is 35.4. The summed E-state index contributed by atoms with van der Waals surface area (Å²) in [6, 6.07) is -4.68. The zero-order chi connectivity index (χ0) is 97.8. The lowest BCUT2D eigenvalue weighted by Gasteiger charge is -2.46. The lowest BCUT2D eigenvalue weighted by atomic mass is 9.94. The van der Waals surface area contributed by atoms with Gasteiger partial charge in [0.1, 0.15) is 97.4 Å². The average molecular weight is 1910 g/mol. The fourth-order valence-electron chi connectivity index (χ4n) is 15.7. The van der Waals surface area contributed by atoms with Crippen LogP contribution in [0, 0.1) is 0 Å². The number of hydrogen-bond acceptors (Lipinski definition) is 33. The molecule has 21 N–H and O–H groups in total. The molecule has 0 saturated carbocycles. The van der Waals surface area contributed by atoms with Crippen molar-refractivity contribution in [2.24, 2.45) is 0 Å². The third-order valence-corrected chi connectivity index (χ3v) is 22.9. The fourth-order valence-corrected chi connectivity index (χ4v) is 15.7. The third kappa shape index (κ3) is 45.8. The number of carbonyl (C=O) groups is 12. The fraction of sp³-hybridized carbons (Fsp3) is 0.864. The number of nitrogens with zero attached hydrogens (tertiary/aromatic N) is 1. The number of ether oxygens (including phenoxy) is 11. The van der Waals surface area contributed by atoms with Gasteiger partial charge in [0.2, 0.25) is 70.9 Å². The maximum absolute atomic E-state index is 14.1. The van der Waals surface area contributed by atoms with E-state index in [0.29, 0.717) is 90.2 Å². The predicted molar refractivity (Wildman–Crippen MR) is 473 cm³/mol. The Hall–Kier alpha value is -7.20. The van der Waals surface area contributed by atoms with E-state index in [4.69, 9.17) is 52.1 Å². The molecule has 5 heterocycles. The first-order chi connectivity index (χ1) is 63.5. The second kappa shape index (κ2) is 64.8. The molecular weight excluding hydrogens is 1750 g/mol. The van der Waals surface area contributed by atoms with Gasteiger partial charge in [-0.2, -0.15) is 0 Å². The summed E-state index contributed by atoms with van der Waals surface area (Å²) in [5.74, 6) is -4.59. The largest absolute Gasteiger partial charge is 0.394 e. The Labute approximate surface area is 778 Å². The zero-order valence-corrected chi connectivity index (χ0v) is 78.5. The molecule has 0 aliphatic carbocycles. The molecule has 0 aromatic rings. The summed E-state index contributed by atoms with van der Waals surface area (Å²) in [6.45, 7) is 9.89. The van der Waals surface area contributed by atoms with Crippen molar-refractivity contribution in [2.45, 2.75) is 369 Å². The van der Waals surface area contributed by atoms with Crippen LogP contribution >= 0.6 is 0 Å². The molecule has 5 fully saturated rings. The van der Waals surface area contributed by atoms with Crippen LogP contribution in [0.5, 0.6) is 0 Å². The second-order valence-electron chi connectivity index (χ2n) is 35.4. The zero-order valence-electron chi connectivity index (χ0n) is 78.5. The van der Waals surface area contributed by atoms with Crippen LogP contribution in [0.4, 0.5) is 0 Å². The first-order valence-electron chi connectivity index (χ1n) is 47.3. The molecular formula is C88H156N12O33. The van der Waals surface area contributed by atoms with Gasteiger partial charge in [0.15, 0.2) is 25.1 Å². The van der Waals surface area contributed by atoms with E-state index in [1.54, 1.807) is 4.90 Å². The van der Waals surface area contributed by atoms with Gasteiger partial charge < -0.3 is 167 Å². The molecule has 22 atom stereocenters. The quantitative estimate of drug-likeness (QED) is 0.0258. The number of hydrogen-bond donors (Lipinski definition) is 21. The summed E-state index contributed by atoms with van der Waals surface area (Å²) in [5, 5.41) is 132. The molecule has 5 rings (SSSR count). The van der Waals surface area contributed by atoms with E-state index >= 15 is 0 Å². The lowest BCUT2D eigenvalue weighted by Crippen LogP contribution is -2.69. The minimum atomic E-state index is -1.48. The number of unbranched alkanes of at least 4 members (excludes halogenated alkanes) is 12. The van der Waals surface area contributed by atoms with Crippen LogP contribution in [-0.2, 0) is 110 Å². The molecule has 12 amide bonds. The van der Waals surface area contributed by atoms with Crippen LogP contribution in [0.3, 0.4) is 0 Å². The van der Waals surface area contributed by atoms with E-state index < -0.39 is 196 Å². The summed E-state index contributed by atoms with van der Waals surface area (Å²) in [5.41, 5.74) is -0.356. The van der Waals surface area contributed by atoms with Gasteiger partial charge in [-0.3, -0.25) is 57.5 Å². The molecule has 5 aliphatic heterocycles. The number of rotatable bonds is 66. The van der Waals surface area contributed by atoms with E-state index in [2.05, 4.69) is 58.5 Å². The van der Waals surface area contributed by atoms with Gasteiger partial charge in [-0.1, -0.05) is 51.4 Å². The molecule has 0 radical (unpaired) electrons. The molecule has 5 aliphatic rings. The summed E-state index contributed by atoms with van der Waals surface area (Å²) >= 11 is 0. The smallest absolute Gasteiger partial charge is 0.222 e. The number of likely N-dealkylation sites (tertiary alicyclic amines) is 1. The van der Waals surface area contributed by atoms with Gasteiger partial charge in [0, 0.05) is 145 Å². The van der Waals surface area contributed by atoms with Crippen LogP contribution in [-0.4, -0.2) is 386 Å². The van der Waals surface area contributed by atoms with E-state index in [-0.39, 0.29) is 166 Å². The highest BCUT2D eigenvalue weighted by atomic mass is 16.7. The van der Waals surface area contributed by atoms with Crippen molar-refractivity contribution < 1.29 is 161 Å². The first-order valence-corrected chi connectivity index (χ1v) is 47.3. The maximum atomic E-state index is 14.1. The van der Waals surface area contributed by atoms with Gasteiger partial charge in [-0.15, -0.1) is 0 Å². The maximum Gasteiger partial charge on any atom is 0.222 e. The predicted octanol–water partition coefficient (Wildman–Crippen LogP) is -3.99. The summed E-state index contributed by atoms with van der Waals surface area (Å²) < 4.78 is 65.7. The number of amides is 12. The molecule has 0 spiro atoms. The van der Waals surface area contributed by atoms with Crippen molar-refractivity contribution in [1.29, 1.82) is 0 Å². The van der Waals surface area contributed by atoms with Gasteiger partial charge in [0.05, 0.1) is 70.6 Å². The summed E-state index contributed by atoms with van der Waals surface area (Å²) in [6.07, 6.45) is -8.61. The van der Waals surface area contributed by atoms with Crippen molar-refractivity contribution in [2.75, 3.05) is 118 Å². The minimum absolute atomic E-state index is 0.0353. The number of aliphatic hydroxyl groups is 10. The van der Waals surface area contributed by atoms with Gasteiger partial charge in [0.25, 0.3) is 0 Å². The Bertz CT molecular complexity index is 3430. The Kier molecular flexibility index (Phi) is 56.7. The van der Waals surface area contributed by atoms with E-state index in [1.165, 1.54) is 27.7 Å². The standard InChI is InChI=1S/C88H156N12O33/c1-54(104)95-72-79(120)76(117)60(49-101)131-85(72)126-41-21-18-27-64(109)89-35-24-38-92-67(112)32-44-123-53-63-82(124-45-33-68(113)93-39-25-36-90-65(110)28-19-22-42-127-86-73(96-55(2)105)80(121)77(118)61(50-102)132-86)83(125-46-34-69(114)94-40-26-37-91-66(111)29-20-23-43-128-87-74(97-56(3)106)81(122)78(119)62(51-103)133-87)75(98-57(4)107)84(130-63)99-70(115)30-16-14-12-10-8-9-11-13-15-17-31-71(116)100-48-59(108)47-58(100)52-129-88(5,6)7/h58-63,72-87,101-103,108,117-122H,8-53H2,1-7H3,(H,89,109)(H,90,110)(H,91,111)(H,92,112)(H,93,113)(H,94,114)(H,95,104)(H,96,105)(H,97,106)(H,98,107)(H,99,115)/t58-,59+,60+,61+,62+,63+,72+,73+,74+,75+,76-,77-,78-,79+,80+,81+,82+,83+,84+,85+,86+,87+/m0/s1. The average Bonchev–Trinajstić information content (AvgIpc) is 1.61. The van der Waals surface area contributed by atoms with E-state index in [0.717, 1.165) is 57.8 Å². The monoisotopic (exact) mass is 1910 g/mol. The third-order valence-electron chi connectivity index (χ3n) is 22.9. The number of aliphatic hydroxyl groups excluding tert-OH is 10. The highest BCUT2D eigenvalue weighted by Crippen LogP contribution is 2.30. The summed E-state index contributed by atoms with van der Waals surface area (Å²) in [4.78, 5) is 156.